The minimum absolute atomic E-state index is 0. The molecular formula is C17H21F2IN4OS. The predicted molar refractivity (Wildman–Crippen MR) is 111 cm³/mol. The van der Waals surface area contributed by atoms with Crippen molar-refractivity contribution < 1.29 is 13.6 Å². The van der Waals surface area contributed by atoms with Gasteiger partial charge in [-0.2, -0.15) is 0 Å². The van der Waals surface area contributed by atoms with Crippen molar-refractivity contribution in [1.82, 2.24) is 16.0 Å². The average molecular weight is 494 g/mol. The molecule has 0 unspecified atom stereocenters. The zero-order valence-corrected chi connectivity index (χ0v) is 17.4. The fourth-order valence-corrected chi connectivity index (χ4v) is 2.71. The molecule has 1 amide bonds. The molecule has 0 aliphatic carbocycles. The molecule has 1 aromatic heterocycles. The van der Waals surface area contributed by atoms with E-state index in [0.717, 1.165) is 18.2 Å². The molecule has 0 aliphatic heterocycles. The van der Waals surface area contributed by atoms with Crippen LogP contribution in [-0.2, 0) is 6.54 Å². The zero-order valence-electron chi connectivity index (χ0n) is 14.2. The van der Waals surface area contributed by atoms with Gasteiger partial charge in [0.25, 0.3) is 5.91 Å². The molecule has 0 spiro atoms. The molecule has 1 heterocycles. The first-order chi connectivity index (χ1) is 12.1. The molecular weight excluding hydrogens is 473 g/mol. The molecule has 0 saturated heterocycles. The van der Waals surface area contributed by atoms with Gasteiger partial charge in [-0.3, -0.25) is 9.79 Å². The Balaban J connectivity index is 0.00000338. The van der Waals surface area contributed by atoms with E-state index >= 15 is 0 Å². The predicted octanol–water partition coefficient (Wildman–Crippen LogP) is 3.13. The molecule has 142 valence electrons. The van der Waals surface area contributed by atoms with Crippen molar-refractivity contribution in [3.8, 4) is 0 Å². The van der Waals surface area contributed by atoms with E-state index in [1.807, 2.05) is 11.4 Å². The van der Waals surface area contributed by atoms with Crippen molar-refractivity contribution in [1.29, 1.82) is 0 Å². The fraction of sp³-hybridized carbons (Fsp3) is 0.294. The highest BCUT2D eigenvalue weighted by Gasteiger charge is 2.06. The van der Waals surface area contributed by atoms with Crippen LogP contribution in [0.1, 0.15) is 21.7 Å². The monoisotopic (exact) mass is 494 g/mol. The SMILES string of the molecule is CN=C(NCCCNC(=O)c1cccs1)NCc1cc(F)ccc1F.I. The summed E-state index contributed by atoms with van der Waals surface area (Å²) in [5, 5.41) is 10.7. The number of thiophene rings is 1. The third kappa shape index (κ3) is 7.24. The second-order valence-electron chi connectivity index (χ2n) is 5.18. The van der Waals surface area contributed by atoms with Crippen LogP contribution in [0.15, 0.2) is 40.7 Å². The van der Waals surface area contributed by atoms with E-state index in [9.17, 15) is 13.6 Å². The quantitative estimate of drug-likeness (QED) is 0.240. The third-order valence-electron chi connectivity index (χ3n) is 3.35. The molecule has 0 fully saturated rings. The highest BCUT2D eigenvalue weighted by molar-refractivity contribution is 14.0. The van der Waals surface area contributed by atoms with Gasteiger partial charge in [-0.05, 0) is 36.1 Å². The largest absolute Gasteiger partial charge is 0.356 e. The van der Waals surface area contributed by atoms with Gasteiger partial charge in [-0.1, -0.05) is 6.07 Å². The Labute approximate surface area is 172 Å². The Morgan fingerprint density at radius 3 is 2.62 bits per heavy atom. The lowest BCUT2D eigenvalue weighted by molar-refractivity contribution is 0.0957. The first-order valence-corrected chi connectivity index (χ1v) is 8.68. The molecule has 0 radical (unpaired) electrons. The lowest BCUT2D eigenvalue weighted by Gasteiger charge is -2.12. The summed E-state index contributed by atoms with van der Waals surface area (Å²) in [5.74, 6) is -0.560. The van der Waals surface area contributed by atoms with Gasteiger partial charge in [0.15, 0.2) is 5.96 Å². The van der Waals surface area contributed by atoms with Crippen molar-refractivity contribution >= 4 is 47.2 Å². The molecule has 5 nitrogen and oxygen atoms in total. The van der Waals surface area contributed by atoms with Gasteiger partial charge in [-0.15, -0.1) is 35.3 Å². The minimum Gasteiger partial charge on any atom is -0.356 e. The van der Waals surface area contributed by atoms with E-state index in [0.29, 0.717) is 30.3 Å². The molecule has 3 N–H and O–H groups in total. The fourth-order valence-electron chi connectivity index (χ4n) is 2.07. The number of nitrogens with zero attached hydrogens (tertiary/aromatic N) is 1. The van der Waals surface area contributed by atoms with Crippen LogP contribution in [-0.4, -0.2) is 32.0 Å². The van der Waals surface area contributed by atoms with Crippen LogP contribution in [0.3, 0.4) is 0 Å². The Bertz CT molecular complexity index is 726. The van der Waals surface area contributed by atoms with Crippen LogP contribution in [0.25, 0.3) is 0 Å². The van der Waals surface area contributed by atoms with Gasteiger partial charge in [0.05, 0.1) is 4.88 Å². The van der Waals surface area contributed by atoms with Crippen LogP contribution < -0.4 is 16.0 Å². The highest BCUT2D eigenvalue weighted by atomic mass is 127. The summed E-state index contributed by atoms with van der Waals surface area (Å²) >= 11 is 1.40. The summed E-state index contributed by atoms with van der Waals surface area (Å²) in [6, 6.07) is 6.93. The van der Waals surface area contributed by atoms with Gasteiger partial charge in [0, 0.05) is 32.2 Å². The van der Waals surface area contributed by atoms with E-state index < -0.39 is 11.6 Å². The van der Waals surface area contributed by atoms with Gasteiger partial charge in [-0.25, -0.2) is 8.78 Å². The summed E-state index contributed by atoms with van der Waals surface area (Å²) in [6.07, 6.45) is 0.701. The topological polar surface area (TPSA) is 65.5 Å². The maximum Gasteiger partial charge on any atom is 0.261 e. The number of rotatable bonds is 7. The molecule has 0 bridgehead atoms. The van der Waals surface area contributed by atoms with Crippen molar-refractivity contribution in [2.24, 2.45) is 4.99 Å². The number of hydrogen-bond acceptors (Lipinski definition) is 3. The molecule has 2 aromatic rings. The standard InChI is InChI=1S/C17H20F2N4OS.HI/c1-20-17(23-11-12-10-13(18)5-6-14(12)19)22-8-3-7-21-16(24)15-4-2-9-25-15;/h2,4-6,9-10H,3,7-8,11H2,1H3,(H,21,24)(H2,20,22,23);1H. The number of hydrogen-bond donors (Lipinski definition) is 3. The van der Waals surface area contributed by atoms with Gasteiger partial charge >= 0.3 is 0 Å². The Morgan fingerprint density at radius 1 is 1.15 bits per heavy atom. The Morgan fingerprint density at radius 2 is 1.92 bits per heavy atom. The van der Waals surface area contributed by atoms with Crippen LogP contribution in [0, 0.1) is 11.6 Å². The van der Waals surface area contributed by atoms with Crippen molar-refractivity contribution in [3.63, 3.8) is 0 Å². The number of nitrogens with one attached hydrogen (secondary N) is 3. The lowest BCUT2D eigenvalue weighted by Crippen LogP contribution is -2.38. The van der Waals surface area contributed by atoms with Crippen LogP contribution in [0.2, 0.25) is 0 Å². The Kier molecular flexibility index (Phi) is 10.1. The summed E-state index contributed by atoms with van der Waals surface area (Å²) in [6.45, 7) is 1.23. The van der Waals surface area contributed by atoms with Crippen molar-refractivity contribution in [2.75, 3.05) is 20.1 Å². The van der Waals surface area contributed by atoms with Gasteiger partial charge in [0.1, 0.15) is 11.6 Å². The van der Waals surface area contributed by atoms with Crippen LogP contribution in [0.4, 0.5) is 8.78 Å². The molecule has 0 atom stereocenters. The number of aliphatic imine (C=N–C) groups is 1. The summed E-state index contributed by atoms with van der Waals surface area (Å²) in [5.41, 5.74) is 0.228. The van der Waals surface area contributed by atoms with E-state index in [1.165, 1.54) is 11.3 Å². The molecule has 2 rings (SSSR count). The summed E-state index contributed by atoms with van der Waals surface area (Å²) < 4.78 is 26.7. The molecule has 1 aromatic carbocycles. The van der Waals surface area contributed by atoms with Gasteiger partial charge < -0.3 is 16.0 Å². The molecule has 26 heavy (non-hydrogen) atoms. The second-order valence-corrected chi connectivity index (χ2v) is 6.12. The van der Waals surface area contributed by atoms with Crippen LogP contribution in [0.5, 0.6) is 0 Å². The van der Waals surface area contributed by atoms with E-state index in [2.05, 4.69) is 20.9 Å². The lowest BCUT2D eigenvalue weighted by atomic mass is 10.2. The highest BCUT2D eigenvalue weighted by Crippen LogP contribution is 2.09. The number of guanidine groups is 1. The smallest absolute Gasteiger partial charge is 0.261 e. The van der Waals surface area contributed by atoms with Crippen molar-refractivity contribution in [3.05, 3.63) is 57.8 Å². The minimum atomic E-state index is -0.484. The molecule has 9 heteroatoms. The Hall–Kier alpha value is -1.75. The van der Waals surface area contributed by atoms with E-state index in [4.69, 9.17) is 0 Å². The number of benzene rings is 1. The number of amides is 1. The summed E-state index contributed by atoms with van der Waals surface area (Å²) in [4.78, 5) is 16.5. The zero-order chi connectivity index (χ0) is 18.1. The molecule has 0 saturated carbocycles. The maximum absolute atomic E-state index is 13.6. The number of halogens is 3. The second kappa shape index (κ2) is 11.8. The molecule has 0 aliphatic rings. The third-order valence-corrected chi connectivity index (χ3v) is 4.22. The van der Waals surface area contributed by atoms with E-state index in [1.54, 1.807) is 13.1 Å². The first kappa shape index (κ1) is 22.3. The maximum atomic E-state index is 13.6. The summed E-state index contributed by atoms with van der Waals surface area (Å²) in [7, 11) is 1.59. The number of carbonyl (C=O) groups excluding carboxylic acids is 1. The first-order valence-electron chi connectivity index (χ1n) is 7.80. The van der Waals surface area contributed by atoms with E-state index in [-0.39, 0.29) is 42.0 Å². The average Bonchev–Trinajstić information content (AvgIpc) is 3.14. The van der Waals surface area contributed by atoms with Crippen molar-refractivity contribution in [2.45, 2.75) is 13.0 Å². The van der Waals surface area contributed by atoms with Gasteiger partial charge in [0.2, 0.25) is 0 Å². The van der Waals surface area contributed by atoms with Crippen LogP contribution >= 0.6 is 35.3 Å². The normalized spacial score (nSPS) is 10.8. The number of carbonyl (C=O) groups is 1.